The molecular weight excluding hydrogens is 220 g/mol. The maximum atomic E-state index is 11.7. The smallest absolute Gasteiger partial charge is 0.263 e. The third kappa shape index (κ3) is 2.59. The lowest BCUT2D eigenvalue weighted by Crippen LogP contribution is -2.18. The van der Waals surface area contributed by atoms with Gasteiger partial charge in [0, 0.05) is 30.4 Å². The van der Waals surface area contributed by atoms with Crippen molar-refractivity contribution in [1.82, 2.24) is 15.1 Å². The van der Waals surface area contributed by atoms with E-state index in [1.807, 2.05) is 6.92 Å². The van der Waals surface area contributed by atoms with Crippen molar-refractivity contribution in [1.29, 1.82) is 0 Å². The second-order valence-corrected chi connectivity index (χ2v) is 4.09. The van der Waals surface area contributed by atoms with Gasteiger partial charge in [0.2, 0.25) is 0 Å². The second kappa shape index (κ2) is 4.50. The Morgan fingerprint density at radius 3 is 3.00 bits per heavy atom. The fraction of sp³-hybridized carbons (Fsp3) is 0.364. The number of nitrogens with one attached hydrogen (secondary N) is 1. The van der Waals surface area contributed by atoms with Gasteiger partial charge in [-0.3, -0.25) is 4.79 Å². The summed E-state index contributed by atoms with van der Waals surface area (Å²) in [7, 11) is 0. The molecule has 0 aliphatic carbocycles. The van der Waals surface area contributed by atoms with Gasteiger partial charge in [0.15, 0.2) is 11.3 Å². The van der Waals surface area contributed by atoms with Crippen LogP contribution in [0.3, 0.4) is 0 Å². The van der Waals surface area contributed by atoms with Gasteiger partial charge in [0.05, 0.1) is 0 Å². The Hall–Kier alpha value is -1.95. The SMILES string of the molecule is Cc1cc(=O)c(-c2nc(CC(C)N)no2)c[nH]1. The molecule has 0 saturated heterocycles. The molecule has 17 heavy (non-hydrogen) atoms. The van der Waals surface area contributed by atoms with Crippen molar-refractivity contribution < 1.29 is 4.52 Å². The van der Waals surface area contributed by atoms with Crippen molar-refractivity contribution in [3.05, 3.63) is 34.0 Å². The fourth-order valence-corrected chi connectivity index (χ4v) is 1.47. The Kier molecular flexibility index (Phi) is 3.06. The first kappa shape index (κ1) is 11.5. The first-order chi connectivity index (χ1) is 8.06. The van der Waals surface area contributed by atoms with Gasteiger partial charge in [0.25, 0.3) is 5.89 Å². The molecule has 0 saturated carbocycles. The van der Waals surface area contributed by atoms with Crippen LogP contribution in [0.15, 0.2) is 21.6 Å². The summed E-state index contributed by atoms with van der Waals surface area (Å²) in [6.07, 6.45) is 2.09. The number of nitrogens with two attached hydrogens (primary N) is 1. The van der Waals surface area contributed by atoms with Crippen molar-refractivity contribution in [3.63, 3.8) is 0 Å². The summed E-state index contributed by atoms with van der Waals surface area (Å²) < 4.78 is 5.04. The molecule has 1 atom stereocenters. The molecular formula is C11H14N4O2. The van der Waals surface area contributed by atoms with E-state index < -0.39 is 0 Å². The summed E-state index contributed by atoms with van der Waals surface area (Å²) in [4.78, 5) is 18.8. The average Bonchev–Trinajstić information content (AvgIpc) is 2.65. The third-order valence-corrected chi connectivity index (χ3v) is 2.26. The summed E-state index contributed by atoms with van der Waals surface area (Å²) in [6.45, 7) is 3.66. The number of nitrogens with zero attached hydrogens (tertiary/aromatic N) is 2. The van der Waals surface area contributed by atoms with Crippen LogP contribution in [0.1, 0.15) is 18.4 Å². The van der Waals surface area contributed by atoms with Gasteiger partial charge in [-0.25, -0.2) is 0 Å². The van der Waals surface area contributed by atoms with Gasteiger partial charge in [-0.2, -0.15) is 4.98 Å². The zero-order chi connectivity index (χ0) is 12.4. The van der Waals surface area contributed by atoms with Crippen LogP contribution in [-0.4, -0.2) is 21.2 Å². The summed E-state index contributed by atoms with van der Waals surface area (Å²) in [5.41, 5.74) is 6.65. The number of aromatic amines is 1. The molecule has 2 aromatic rings. The van der Waals surface area contributed by atoms with Crippen LogP contribution in [0, 0.1) is 6.92 Å². The Bertz CT molecular complexity index is 571. The van der Waals surface area contributed by atoms with E-state index in [1.54, 1.807) is 13.1 Å². The van der Waals surface area contributed by atoms with Crippen LogP contribution in [0.5, 0.6) is 0 Å². The molecule has 0 amide bonds. The number of H-pyrrole nitrogens is 1. The van der Waals surface area contributed by atoms with Crippen molar-refractivity contribution in [2.45, 2.75) is 26.3 Å². The molecule has 0 aromatic carbocycles. The highest BCUT2D eigenvalue weighted by atomic mass is 16.5. The second-order valence-electron chi connectivity index (χ2n) is 4.09. The van der Waals surface area contributed by atoms with Crippen LogP contribution in [0.2, 0.25) is 0 Å². The van der Waals surface area contributed by atoms with Gasteiger partial charge in [-0.1, -0.05) is 5.16 Å². The largest absolute Gasteiger partial charge is 0.364 e. The number of pyridine rings is 1. The average molecular weight is 234 g/mol. The molecule has 6 nitrogen and oxygen atoms in total. The summed E-state index contributed by atoms with van der Waals surface area (Å²) in [5.74, 6) is 0.733. The normalized spacial score (nSPS) is 12.6. The lowest BCUT2D eigenvalue weighted by molar-refractivity contribution is 0.420. The lowest BCUT2D eigenvalue weighted by atomic mass is 10.2. The van der Waals surface area contributed by atoms with Crippen LogP contribution in [-0.2, 0) is 6.42 Å². The maximum absolute atomic E-state index is 11.7. The van der Waals surface area contributed by atoms with Crippen molar-refractivity contribution in [2.24, 2.45) is 5.73 Å². The van der Waals surface area contributed by atoms with Crippen LogP contribution >= 0.6 is 0 Å². The molecule has 0 bridgehead atoms. The highest BCUT2D eigenvalue weighted by Crippen LogP contribution is 2.12. The molecule has 0 aliphatic heterocycles. The number of hydrogen-bond donors (Lipinski definition) is 2. The van der Waals surface area contributed by atoms with E-state index >= 15 is 0 Å². The van der Waals surface area contributed by atoms with Gasteiger partial charge in [-0.05, 0) is 13.8 Å². The Morgan fingerprint density at radius 1 is 1.59 bits per heavy atom. The minimum atomic E-state index is -0.141. The number of aromatic nitrogens is 3. The molecule has 0 spiro atoms. The predicted octanol–water partition coefficient (Wildman–Crippen LogP) is 0.623. The minimum Gasteiger partial charge on any atom is -0.364 e. The first-order valence-electron chi connectivity index (χ1n) is 5.34. The quantitative estimate of drug-likeness (QED) is 0.811. The van der Waals surface area contributed by atoms with E-state index in [0.29, 0.717) is 17.8 Å². The number of rotatable bonds is 3. The van der Waals surface area contributed by atoms with E-state index in [4.69, 9.17) is 10.3 Å². The maximum Gasteiger partial charge on any atom is 0.263 e. The van der Waals surface area contributed by atoms with Crippen LogP contribution < -0.4 is 11.2 Å². The molecule has 0 fully saturated rings. The molecule has 2 rings (SSSR count). The highest BCUT2D eigenvalue weighted by molar-refractivity contribution is 5.50. The van der Waals surface area contributed by atoms with Crippen LogP contribution in [0.25, 0.3) is 11.5 Å². The Labute approximate surface area is 97.9 Å². The minimum absolute atomic E-state index is 0.0447. The van der Waals surface area contributed by atoms with Gasteiger partial charge < -0.3 is 15.2 Å². The molecule has 1 unspecified atom stereocenters. The van der Waals surface area contributed by atoms with Gasteiger partial charge in [0.1, 0.15) is 5.56 Å². The van der Waals surface area contributed by atoms with Gasteiger partial charge >= 0.3 is 0 Å². The lowest BCUT2D eigenvalue weighted by Gasteiger charge is -1.97. The third-order valence-electron chi connectivity index (χ3n) is 2.26. The number of aryl methyl sites for hydroxylation is 1. The monoisotopic (exact) mass is 234 g/mol. The van der Waals surface area contributed by atoms with E-state index in [-0.39, 0.29) is 17.4 Å². The van der Waals surface area contributed by atoms with Gasteiger partial charge in [-0.15, -0.1) is 0 Å². The van der Waals surface area contributed by atoms with Crippen molar-refractivity contribution in [2.75, 3.05) is 0 Å². The Morgan fingerprint density at radius 2 is 2.35 bits per heavy atom. The van der Waals surface area contributed by atoms with Crippen LogP contribution in [0.4, 0.5) is 0 Å². The van der Waals surface area contributed by atoms with E-state index in [9.17, 15) is 4.79 Å². The molecule has 2 aromatic heterocycles. The topological polar surface area (TPSA) is 97.8 Å². The molecule has 6 heteroatoms. The highest BCUT2D eigenvalue weighted by Gasteiger charge is 2.12. The first-order valence-corrected chi connectivity index (χ1v) is 5.34. The molecule has 0 aliphatic rings. The van der Waals surface area contributed by atoms with Crippen molar-refractivity contribution >= 4 is 0 Å². The zero-order valence-corrected chi connectivity index (χ0v) is 9.73. The van der Waals surface area contributed by atoms with E-state index in [2.05, 4.69) is 15.1 Å². The number of hydrogen-bond acceptors (Lipinski definition) is 5. The molecule has 90 valence electrons. The Balaban J connectivity index is 2.34. The standard InChI is InChI=1S/C11H14N4O2/c1-6(12)3-10-14-11(17-15-10)8-5-13-7(2)4-9(8)16/h4-6H,3,12H2,1-2H3,(H,13,16). The van der Waals surface area contributed by atoms with Crippen molar-refractivity contribution in [3.8, 4) is 11.5 Å². The van der Waals surface area contributed by atoms with E-state index in [0.717, 1.165) is 5.69 Å². The summed E-state index contributed by atoms with van der Waals surface area (Å²) in [6, 6.07) is 1.45. The molecule has 3 N–H and O–H groups in total. The molecule has 0 radical (unpaired) electrons. The summed E-state index contributed by atoms with van der Waals surface area (Å²) >= 11 is 0. The van der Waals surface area contributed by atoms with E-state index in [1.165, 1.54) is 6.07 Å². The fourth-order valence-electron chi connectivity index (χ4n) is 1.47. The summed E-state index contributed by atoms with van der Waals surface area (Å²) in [5, 5.41) is 3.78. The predicted molar refractivity (Wildman–Crippen MR) is 62.4 cm³/mol. The zero-order valence-electron chi connectivity index (χ0n) is 9.73. The molecule has 2 heterocycles.